The summed E-state index contributed by atoms with van der Waals surface area (Å²) in [4.78, 5) is 24.6. The fourth-order valence-corrected chi connectivity index (χ4v) is 5.29. The van der Waals surface area contributed by atoms with Gasteiger partial charge in [0, 0.05) is 29.6 Å². The summed E-state index contributed by atoms with van der Waals surface area (Å²) in [6, 6.07) is 11.1. The monoisotopic (exact) mass is 417 g/mol. The lowest BCUT2D eigenvalue weighted by Crippen LogP contribution is -2.04. The highest BCUT2D eigenvalue weighted by Gasteiger charge is 2.16. The van der Waals surface area contributed by atoms with E-state index in [1.54, 1.807) is 0 Å². The van der Waals surface area contributed by atoms with Gasteiger partial charge in [-0.1, -0.05) is 65.2 Å². The van der Waals surface area contributed by atoms with E-state index < -0.39 is 0 Å². The van der Waals surface area contributed by atoms with E-state index in [2.05, 4.69) is 10.2 Å². The highest BCUT2D eigenvalue weighted by atomic mass is 32.2. The smallest absolute Gasteiger partial charge is 0.175 e. The Labute approximate surface area is 170 Å². The first-order valence-electron chi connectivity index (χ1n) is 8.29. The van der Waals surface area contributed by atoms with Gasteiger partial charge >= 0.3 is 0 Å². The van der Waals surface area contributed by atoms with Gasteiger partial charge in [0.05, 0.1) is 11.5 Å². The van der Waals surface area contributed by atoms with Crippen LogP contribution in [-0.2, 0) is 7.05 Å². The zero-order chi connectivity index (χ0) is 19.4. The topological polar surface area (TPSA) is 64.8 Å². The summed E-state index contributed by atoms with van der Waals surface area (Å²) >= 11 is 4.18. The molecular formula is C19H19N3O2S3. The third-order valence-electron chi connectivity index (χ3n) is 4.21. The molecule has 27 heavy (non-hydrogen) atoms. The second-order valence-corrected chi connectivity index (χ2v) is 9.39. The second-order valence-electron chi connectivity index (χ2n) is 5.97. The number of nitrogens with zero attached hydrogens (tertiary/aromatic N) is 3. The van der Waals surface area contributed by atoms with Crippen molar-refractivity contribution in [2.45, 2.75) is 22.5 Å². The van der Waals surface area contributed by atoms with Crippen molar-refractivity contribution < 1.29 is 9.59 Å². The fourth-order valence-electron chi connectivity index (χ4n) is 2.49. The van der Waals surface area contributed by atoms with E-state index in [1.807, 2.05) is 61.9 Å². The van der Waals surface area contributed by atoms with Crippen LogP contribution in [0.2, 0.25) is 0 Å². The lowest BCUT2D eigenvalue weighted by atomic mass is 10.2. The number of carbonyl (C=O) groups excluding carboxylic acids is 2. The highest BCUT2D eigenvalue weighted by molar-refractivity contribution is 8.03. The summed E-state index contributed by atoms with van der Waals surface area (Å²) in [5.41, 5.74) is 3.50. The summed E-state index contributed by atoms with van der Waals surface area (Å²) < 4.78 is 3.49. The van der Waals surface area contributed by atoms with E-state index in [0.717, 1.165) is 25.6 Å². The molecule has 0 spiro atoms. The largest absolute Gasteiger partial charge is 0.351 e. The molecule has 0 bridgehead atoms. The number of aromatic nitrogens is 3. The van der Waals surface area contributed by atoms with Crippen molar-refractivity contribution >= 4 is 46.4 Å². The van der Waals surface area contributed by atoms with Crippen LogP contribution < -0.4 is 0 Å². The molecule has 1 aromatic carbocycles. The van der Waals surface area contributed by atoms with Crippen LogP contribution in [0.1, 0.15) is 32.1 Å². The molecule has 0 radical (unpaired) electrons. The summed E-state index contributed by atoms with van der Waals surface area (Å²) in [6.07, 6.45) is 0. The summed E-state index contributed by atoms with van der Waals surface area (Å²) in [6.45, 7) is 3.94. The molecular weight excluding hydrogens is 398 g/mol. The van der Waals surface area contributed by atoms with Gasteiger partial charge in [0.15, 0.2) is 20.2 Å². The van der Waals surface area contributed by atoms with Gasteiger partial charge in [0.1, 0.15) is 0 Å². The van der Waals surface area contributed by atoms with Crippen LogP contribution in [-0.4, -0.2) is 37.8 Å². The average molecular weight is 418 g/mol. The van der Waals surface area contributed by atoms with Gasteiger partial charge in [-0.25, -0.2) is 0 Å². The van der Waals surface area contributed by atoms with Crippen LogP contribution in [0, 0.1) is 13.8 Å². The Kier molecular flexibility index (Phi) is 6.51. The third kappa shape index (κ3) is 4.88. The Balaban J connectivity index is 1.53. The normalized spacial score (nSPS) is 10.9. The Morgan fingerprint density at radius 3 is 2.15 bits per heavy atom. The predicted molar refractivity (Wildman–Crippen MR) is 111 cm³/mol. The minimum Gasteiger partial charge on any atom is -0.351 e. The van der Waals surface area contributed by atoms with Crippen LogP contribution in [0.5, 0.6) is 0 Å². The lowest BCUT2D eigenvalue weighted by molar-refractivity contribution is 0.101. The Morgan fingerprint density at radius 1 is 1.00 bits per heavy atom. The number of carbonyl (C=O) groups is 2. The number of ketones is 2. The number of hydrogen-bond donors (Lipinski definition) is 0. The van der Waals surface area contributed by atoms with E-state index in [0.29, 0.717) is 17.1 Å². The average Bonchev–Trinajstić information content (AvgIpc) is 3.25. The molecule has 0 saturated carbocycles. The first-order valence-corrected chi connectivity index (χ1v) is 11.1. The number of thioether (sulfide) groups is 2. The number of aryl methyl sites for hydroxylation is 1. The predicted octanol–water partition coefficient (Wildman–Crippen LogP) is 4.44. The maximum absolute atomic E-state index is 12.5. The lowest BCUT2D eigenvalue weighted by Gasteiger charge is -2.01. The van der Waals surface area contributed by atoms with Crippen LogP contribution in [0.4, 0.5) is 0 Å². The van der Waals surface area contributed by atoms with Gasteiger partial charge in [0.2, 0.25) is 0 Å². The number of Topliss-reactive ketones (excluding diaryl/α,β-unsaturated/α-hetero) is 2. The van der Waals surface area contributed by atoms with E-state index in [4.69, 9.17) is 0 Å². The zero-order valence-corrected chi connectivity index (χ0v) is 17.7. The zero-order valence-electron chi connectivity index (χ0n) is 15.3. The van der Waals surface area contributed by atoms with Gasteiger partial charge in [-0.15, -0.1) is 10.2 Å². The van der Waals surface area contributed by atoms with E-state index in [9.17, 15) is 9.59 Å². The molecule has 0 fully saturated rings. The molecule has 3 rings (SSSR count). The Bertz CT molecular complexity index is 964. The van der Waals surface area contributed by atoms with Crippen LogP contribution in [0.15, 0.2) is 45.1 Å². The van der Waals surface area contributed by atoms with Gasteiger partial charge in [0.25, 0.3) is 0 Å². The van der Waals surface area contributed by atoms with Crippen molar-refractivity contribution in [1.82, 2.24) is 14.8 Å². The van der Waals surface area contributed by atoms with Crippen molar-refractivity contribution in [3.05, 3.63) is 58.9 Å². The minimum absolute atomic E-state index is 0.0649. The molecule has 0 unspecified atom stereocenters. The molecule has 2 aromatic heterocycles. The van der Waals surface area contributed by atoms with E-state index >= 15 is 0 Å². The molecule has 2 heterocycles. The molecule has 0 aliphatic carbocycles. The Hall–Kier alpha value is -1.90. The van der Waals surface area contributed by atoms with Crippen LogP contribution in [0.25, 0.3) is 0 Å². The minimum atomic E-state index is 0.0649. The second kappa shape index (κ2) is 8.86. The molecule has 0 aliphatic rings. The molecule has 140 valence electrons. The summed E-state index contributed by atoms with van der Waals surface area (Å²) in [7, 11) is 1.96. The molecule has 3 aromatic rings. The standard InChI is InChI=1S/C19H19N3O2S3/c1-12-9-15(13(2)22(12)3)17(24)11-26-19-21-20-18(27-19)25-10-16(23)14-7-5-4-6-8-14/h4-9H,10-11H2,1-3H3. The Morgan fingerprint density at radius 2 is 1.59 bits per heavy atom. The van der Waals surface area contributed by atoms with Crippen molar-refractivity contribution in [1.29, 1.82) is 0 Å². The van der Waals surface area contributed by atoms with E-state index in [-0.39, 0.29) is 11.6 Å². The maximum atomic E-state index is 12.5. The van der Waals surface area contributed by atoms with Gasteiger partial charge in [-0.05, 0) is 19.9 Å². The molecule has 8 heteroatoms. The van der Waals surface area contributed by atoms with Crippen LogP contribution in [0.3, 0.4) is 0 Å². The van der Waals surface area contributed by atoms with Gasteiger partial charge in [-0.3, -0.25) is 9.59 Å². The highest BCUT2D eigenvalue weighted by Crippen LogP contribution is 2.30. The first kappa shape index (κ1) is 19.9. The summed E-state index contributed by atoms with van der Waals surface area (Å²) in [5.74, 6) is 0.803. The molecule has 0 aliphatic heterocycles. The molecule has 0 saturated heterocycles. The maximum Gasteiger partial charge on any atom is 0.175 e. The van der Waals surface area contributed by atoms with Crippen molar-refractivity contribution in [2.24, 2.45) is 7.05 Å². The number of rotatable bonds is 8. The van der Waals surface area contributed by atoms with E-state index in [1.165, 1.54) is 34.9 Å². The first-order chi connectivity index (χ1) is 13.0. The fraction of sp³-hybridized carbons (Fsp3) is 0.263. The molecule has 5 nitrogen and oxygen atoms in total. The third-order valence-corrected chi connectivity index (χ3v) is 7.40. The van der Waals surface area contributed by atoms with Gasteiger partial charge in [-0.2, -0.15) is 0 Å². The van der Waals surface area contributed by atoms with Crippen molar-refractivity contribution in [3.8, 4) is 0 Å². The molecule has 0 N–H and O–H groups in total. The number of hydrogen-bond acceptors (Lipinski definition) is 7. The SMILES string of the molecule is Cc1cc(C(=O)CSc2nnc(SCC(=O)c3ccccc3)s2)c(C)n1C. The number of benzene rings is 1. The quantitative estimate of drug-likeness (QED) is 0.399. The molecule has 0 atom stereocenters. The van der Waals surface area contributed by atoms with Crippen molar-refractivity contribution in [3.63, 3.8) is 0 Å². The van der Waals surface area contributed by atoms with Crippen molar-refractivity contribution in [2.75, 3.05) is 11.5 Å². The van der Waals surface area contributed by atoms with Crippen LogP contribution >= 0.6 is 34.9 Å². The summed E-state index contributed by atoms with van der Waals surface area (Å²) in [5, 5.41) is 8.23. The van der Waals surface area contributed by atoms with Gasteiger partial charge < -0.3 is 4.57 Å². The molecule has 0 amide bonds.